The van der Waals surface area contributed by atoms with E-state index in [4.69, 9.17) is 0 Å². The Balaban J connectivity index is 1.98. The van der Waals surface area contributed by atoms with Gasteiger partial charge in [0.05, 0.1) is 6.04 Å². The molecule has 6 nitrogen and oxygen atoms in total. The predicted octanol–water partition coefficient (Wildman–Crippen LogP) is 2.25. The van der Waals surface area contributed by atoms with E-state index in [2.05, 4.69) is 10.6 Å². The van der Waals surface area contributed by atoms with Crippen molar-refractivity contribution in [2.75, 3.05) is 45.0 Å². The van der Waals surface area contributed by atoms with Gasteiger partial charge in [-0.05, 0) is 50.0 Å². The Kier molecular flexibility index (Phi) is 6.90. The molecule has 0 bridgehead atoms. The summed E-state index contributed by atoms with van der Waals surface area (Å²) in [7, 11) is 7.75. The van der Waals surface area contributed by atoms with Crippen LogP contribution in [0.1, 0.15) is 11.6 Å². The summed E-state index contributed by atoms with van der Waals surface area (Å²) in [6.45, 7) is 0.268. The van der Waals surface area contributed by atoms with Crippen molar-refractivity contribution in [1.82, 2.24) is 10.2 Å². The van der Waals surface area contributed by atoms with E-state index >= 15 is 0 Å². The molecule has 1 atom stereocenters. The van der Waals surface area contributed by atoms with Crippen molar-refractivity contribution < 1.29 is 14.0 Å². The molecule has 7 heteroatoms. The number of hydrogen-bond donors (Lipinski definition) is 2. The van der Waals surface area contributed by atoms with E-state index < -0.39 is 17.6 Å². The lowest BCUT2D eigenvalue weighted by atomic mass is 10.1. The van der Waals surface area contributed by atoms with Crippen LogP contribution in [0.25, 0.3) is 0 Å². The second-order valence-corrected chi connectivity index (χ2v) is 6.64. The van der Waals surface area contributed by atoms with Crippen LogP contribution in [-0.2, 0) is 9.59 Å². The summed E-state index contributed by atoms with van der Waals surface area (Å²) in [5.41, 5.74) is 2.34. The van der Waals surface area contributed by atoms with E-state index in [0.717, 1.165) is 17.3 Å². The molecule has 0 aliphatic carbocycles. The number of rotatable bonds is 6. The zero-order chi connectivity index (χ0) is 20.0. The van der Waals surface area contributed by atoms with Gasteiger partial charge in [-0.1, -0.05) is 18.2 Å². The smallest absolute Gasteiger partial charge is 0.313 e. The Hall–Kier alpha value is -2.93. The highest BCUT2D eigenvalue weighted by Crippen LogP contribution is 2.21. The fourth-order valence-electron chi connectivity index (χ4n) is 2.62. The maximum Gasteiger partial charge on any atom is 0.313 e. The fraction of sp³-hybridized carbons (Fsp3) is 0.300. The second-order valence-electron chi connectivity index (χ2n) is 6.64. The number of nitrogens with one attached hydrogen (secondary N) is 2. The first-order valence-corrected chi connectivity index (χ1v) is 8.56. The molecule has 144 valence electrons. The van der Waals surface area contributed by atoms with Gasteiger partial charge in [0, 0.05) is 32.0 Å². The summed E-state index contributed by atoms with van der Waals surface area (Å²) in [5.74, 6) is -2.08. The first-order valence-electron chi connectivity index (χ1n) is 8.56. The monoisotopic (exact) mass is 372 g/mol. The molecule has 2 aromatic rings. The van der Waals surface area contributed by atoms with Gasteiger partial charge in [-0.2, -0.15) is 0 Å². The number of carbonyl (C=O) groups excluding carboxylic acids is 2. The number of amides is 2. The normalized spacial score (nSPS) is 11.8. The van der Waals surface area contributed by atoms with Crippen molar-refractivity contribution in [2.45, 2.75) is 6.04 Å². The Bertz CT molecular complexity index is 791. The van der Waals surface area contributed by atoms with Crippen LogP contribution >= 0.6 is 0 Å². The quantitative estimate of drug-likeness (QED) is 0.764. The molecule has 0 saturated carbocycles. The average Bonchev–Trinajstić information content (AvgIpc) is 2.61. The molecule has 0 fully saturated rings. The van der Waals surface area contributed by atoms with Crippen molar-refractivity contribution in [3.63, 3.8) is 0 Å². The lowest BCUT2D eigenvalue weighted by Crippen LogP contribution is -2.40. The van der Waals surface area contributed by atoms with Crippen LogP contribution in [0.2, 0.25) is 0 Å². The minimum atomic E-state index is -0.832. The van der Waals surface area contributed by atoms with Crippen LogP contribution in [0.3, 0.4) is 0 Å². The number of carbonyl (C=O) groups is 2. The van der Waals surface area contributed by atoms with Gasteiger partial charge in [0.25, 0.3) is 0 Å². The largest absolute Gasteiger partial charge is 0.378 e. The third-order valence-corrected chi connectivity index (χ3v) is 4.16. The van der Waals surface area contributed by atoms with Crippen LogP contribution in [0.4, 0.5) is 15.8 Å². The Labute approximate surface area is 159 Å². The second kappa shape index (κ2) is 9.14. The highest BCUT2D eigenvalue weighted by molar-refractivity contribution is 6.39. The van der Waals surface area contributed by atoms with Gasteiger partial charge in [-0.3, -0.25) is 9.59 Å². The lowest BCUT2D eigenvalue weighted by Gasteiger charge is -2.25. The highest BCUT2D eigenvalue weighted by atomic mass is 19.1. The predicted molar refractivity (Wildman–Crippen MR) is 105 cm³/mol. The van der Waals surface area contributed by atoms with Crippen molar-refractivity contribution >= 4 is 23.2 Å². The van der Waals surface area contributed by atoms with Gasteiger partial charge in [0.15, 0.2) is 0 Å². The van der Waals surface area contributed by atoms with Gasteiger partial charge in [0.2, 0.25) is 0 Å². The van der Waals surface area contributed by atoms with Crippen LogP contribution in [0, 0.1) is 5.82 Å². The van der Waals surface area contributed by atoms with Gasteiger partial charge in [0.1, 0.15) is 5.82 Å². The molecule has 0 saturated heterocycles. The number of anilines is 2. The van der Waals surface area contributed by atoms with E-state index in [9.17, 15) is 14.0 Å². The third kappa shape index (κ3) is 5.79. The molecule has 0 radical (unpaired) electrons. The van der Waals surface area contributed by atoms with Crippen LogP contribution < -0.4 is 15.5 Å². The van der Waals surface area contributed by atoms with Crippen LogP contribution in [0.5, 0.6) is 0 Å². The summed E-state index contributed by atoms with van der Waals surface area (Å²) < 4.78 is 13.2. The molecule has 2 rings (SSSR count). The minimum absolute atomic E-state index is 0.0906. The molecule has 2 N–H and O–H groups in total. The number of likely N-dealkylation sites (N-methyl/N-ethyl adjacent to an activating group) is 1. The Morgan fingerprint density at radius 3 is 2.22 bits per heavy atom. The van der Waals surface area contributed by atoms with Crippen molar-refractivity contribution in [2.24, 2.45) is 0 Å². The van der Waals surface area contributed by atoms with Crippen LogP contribution in [-0.4, -0.2) is 51.4 Å². The molecular weight excluding hydrogens is 347 g/mol. The van der Waals surface area contributed by atoms with E-state index in [1.807, 2.05) is 62.3 Å². The van der Waals surface area contributed by atoms with E-state index in [1.54, 1.807) is 0 Å². The SMILES string of the molecule is CN(C)c1ccc(C(CNC(=O)C(=O)Nc2cccc(F)c2)N(C)C)cc1. The zero-order valence-corrected chi connectivity index (χ0v) is 16.0. The van der Waals surface area contributed by atoms with Gasteiger partial charge in [-0.25, -0.2) is 4.39 Å². The van der Waals surface area contributed by atoms with Gasteiger partial charge in [-0.15, -0.1) is 0 Å². The summed E-state index contributed by atoms with van der Waals surface area (Å²) in [6, 6.07) is 13.3. The lowest BCUT2D eigenvalue weighted by molar-refractivity contribution is -0.136. The summed E-state index contributed by atoms with van der Waals surface area (Å²) >= 11 is 0. The Morgan fingerprint density at radius 1 is 1.00 bits per heavy atom. The molecule has 2 amide bonds. The molecule has 0 aromatic heterocycles. The van der Waals surface area contributed by atoms with Gasteiger partial charge < -0.3 is 20.4 Å². The van der Waals surface area contributed by atoms with E-state index in [-0.39, 0.29) is 18.3 Å². The van der Waals surface area contributed by atoms with Crippen molar-refractivity contribution in [3.8, 4) is 0 Å². The van der Waals surface area contributed by atoms with E-state index in [0.29, 0.717) is 0 Å². The summed E-state index contributed by atoms with van der Waals surface area (Å²) in [5, 5.41) is 5.02. The average molecular weight is 372 g/mol. The third-order valence-electron chi connectivity index (χ3n) is 4.16. The molecule has 27 heavy (non-hydrogen) atoms. The molecule has 0 heterocycles. The number of halogens is 1. The molecule has 2 aromatic carbocycles. The molecule has 0 aliphatic rings. The fourth-order valence-corrected chi connectivity index (χ4v) is 2.62. The molecule has 0 spiro atoms. The minimum Gasteiger partial charge on any atom is -0.378 e. The first kappa shape index (κ1) is 20.4. The molecule has 1 unspecified atom stereocenters. The Morgan fingerprint density at radius 2 is 1.67 bits per heavy atom. The summed E-state index contributed by atoms with van der Waals surface area (Å²) in [4.78, 5) is 28.1. The molecule has 0 aliphatic heterocycles. The number of benzene rings is 2. The molecular formula is C20H25FN4O2. The maximum atomic E-state index is 13.2. The summed E-state index contributed by atoms with van der Waals surface area (Å²) in [6.07, 6.45) is 0. The van der Waals surface area contributed by atoms with E-state index in [1.165, 1.54) is 18.2 Å². The number of hydrogen-bond acceptors (Lipinski definition) is 4. The van der Waals surface area contributed by atoms with Crippen LogP contribution in [0.15, 0.2) is 48.5 Å². The standard InChI is InChI=1S/C20H25FN4O2/c1-24(2)17-10-8-14(9-11-17)18(25(3)4)13-22-19(26)20(27)23-16-7-5-6-15(21)12-16/h5-12,18H,13H2,1-4H3,(H,22,26)(H,23,27). The maximum absolute atomic E-state index is 13.2. The zero-order valence-electron chi connectivity index (χ0n) is 16.0. The van der Waals surface area contributed by atoms with Crippen molar-refractivity contribution in [1.29, 1.82) is 0 Å². The topological polar surface area (TPSA) is 64.7 Å². The van der Waals surface area contributed by atoms with Gasteiger partial charge >= 0.3 is 11.8 Å². The van der Waals surface area contributed by atoms with Crippen molar-refractivity contribution in [3.05, 3.63) is 59.9 Å². The first-order chi connectivity index (χ1) is 12.8. The highest BCUT2D eigenvalue weighted by Gasteiger charge is 2.19. The number of nitrogens with zero attached hydrogens (tertiary/aromatic N) is 2.